The minimum atomic E-state index is -1.10. The van der Waals surface area contributed by atoms with Crippen LogP contribution in [0.3, 0.4) is 0 Å². The van der Waals surface area contributed by atoms with Gasteiger partial charge in [0.15, 0.2) is 5.82 Å². The quantitative estimate of drug-likeness (QED) is 0.0687. The Morgan fingerprint density at radius 3 is 1.91 bits per heavy atom. The second kappa shape index (κ2) is 21.4. The molecule has 0 radical (unpaired) electrons. The molecule has 15 nitrogen and oxygen atoms in total. The number of halogens is 1. The number of unbranched alkanes of at least 4 members (excludes halogenated alkanes) is 1. The first-order valence-electron chi connectivity index (χ1n) is 22.5. The third-order valence-corrected chi connectivity index (χ3v) is 10.8. The summed E-state index contributed by atoms with van der Waals surface area (Å²) in [6.07, 6.45) is 0.815. The monoisotopic (exact) mass is 917 g/mol. The number of hydrogen-bond donors (Lipinski definition) is 5. The van der Waals surface area contributed by atoms with Crippen molar-refractivity contribution >= 4 is 58.1 Å². The molecule has 67 heavy (non-hydrogen) atoms. The second-order valence-electron chi connectivity index (χ2n) is 18.5. The van der Waals surface area contributed by atoms with Crippen LogP contribution < -0.4 is 21.3 Å². The Morgan fingerprint density at radius 2 is 1.33 bits per heavy atom. The Balaban J connectivity index is 1.12. The van der Waals surface area contributed by atoms with Gasteiger partial charge >= 0.3 is 12.2 Å². The minimum absolute atomic E-state index is 0.189. The maximum absolute atomic E-state index is 16.2. The Morgan fingerprint density at radius 1 is 0.761 bits per heavy atom. The lowest BCUT2D eigenvalue weighted by atomic mass is 10.0. The SMILES string of the molecule is CCCCN(CC(=O)Nc1ccc(-c2[nH]c3ccc(NC(=O)[C@@H]4CCCN4C(=O)[C@@H](NC(=O)OC(C)(C)C)c4ccccc4)cc3c2F)cc1)C(=O)[C@@H](NC(=O)OC(C)(C)C)c1ccccc1. The smallest absolute Gasteiger partial charge is 0.408 e. The lowest BCUT2D eigenvalue weighted by Crippen LogP contribution is -2.49. The lowest BCUT2D eigenvalue weighted by Gasteiger charge is -2.29. The van der Waals surface area contributed by atoms with Crippen LogP contribution in [-0.4, -0.2) is 87.5 Å². The molecule has 3 atom stereocenters. The van der Waals surface area contributed by atoms with Gasteiger partial charge in [-0.1, -0.05) is 86.1 Å². The predicted molar refractivity (Wildman–Crippen MR) is 254 cm³/mol. The summed E-state index contributed by atoms with van der Waals surface area (Å²) in [5.74, 6) is -2.40. The molecule has 1 fully saturated rings. The Bertz CT molecular complexity index is 2550. The highest BCUT2D eigenvalue weighted by atomic mass is 19.1. The number of alkyl carbamates (subject to hydrolysis) is 2. The van der Waals surface area contributed by atoms with E-state index in [1.807, 2.05) is 6.92 Å². The van der Waals surface area contributed by atoms with Gasteiger partial charge in [0.2, 0.25) is 17.7 Å². The minimum Gasteiger partial charge on any atom is -0.444 e. The fraction of sp³-hybridized carbons (Fsp3) is 0.373. The van der Waals surface area contributed by atoms with Gasteiger partial charge in [-0.15, -0.1) is 0 Å². The highest BCUT2D eigenvalue weighted by molar-refractivity contribution is 6.01. The Labute approximate surface area is 390 Å². The molecule has 6 rings (SSSR count). The van der Waals surface area contributed by atoms with Crippen molar-refractivity contribution in [2.45, 2.75) is 103 Å². The number of carbonyl (C=O) groups is 6. The number of fused-ring (bicyclic) bond motifs is 1. The van der Waals surface area contributed by atoms with Gasteiger partial charge in [0.25, 0.3) is 5.91 Å². The van der Waals surface area contributed by atoms with E-state index in [9.17, 15) is 28.8 Å². The maximum atomic E-state index is 16.2. The van der Waals surface area contributed by atoms with Gasteiger partial charge in [0, 0.05) is 40.9 Å². The summed E-state index contributed by atoms with van der Waals surface area (Å²) in [4.78, 5) is 86.9. The largest absolute Gasteiger partial charge is 0.444 e. The highest BCUT2D eigenvalue weighted by Crippen LogP contribution is 2.32. The zero-order valence-corrected chi connectivity index (χ0v) is 39.0. The first-order chi connectivity index (χ1) is 31.8. The van der Waals surface area contributed by atoms with Crippen LogP contribution in [0.15, 0.2) is 103 Å². The predicted octanol–water partition coefficient (Wildman–Crippen LogP) is 9.00. The zero-order chi connectivity index (χ0) is 48.5. The number of amides is 6. The number of hydrogen-bond acceptors (Lipinski definition) is 8. The van der Waals surface area contributed by atoms with E-state index in [0.717, 1.165) is 6.42 Å². The Kier molecular flexibility index (Phi) is 15.7. The van der Waals surface area contributed by atoms with Crippen LogP contribution in [0.2, 0.25) is 0 Å². The molecule has 0 bridgehead atoms. The van der Waals surface area contributed by atoms with Crippen LogP contribution >= 0.6 is 0 Å². The summed E-state index contributed by atoms with van der Waals surface area (Å²) in [5.41, 5.74) is 1.39. The van der Waals surface area contributed by atoms with Gasteiger partial charge in [-0.3, -0.25) is 19.2 Å². The number of carbonyl (C=O) groups excluding carboxylic acids is 6. The molecule has 16 heteroatoms. The van der Waals surface area contributed by atoms with E-state index < -0.39 is 71.0 Å². The van der Waals surface area contributed by atoms with Crippen molar-refractivity contribution in [3.05, 3.63) is 120 Å². The first kappa shape index (κ1) is 49.2. The summed E-state index contributed by atoms with van der Waals surface area (Å²) in [5, 5.41) is 11.3. The molecule has 0 aliphatic carbocycles. The maximum Gasteiger partial charge on any atom is 0.408 e. The molecule has 354 valence electrons. The summed E-state index contributed by atoms with van der Waals surface area (Å²) < 4.78 is 27.0. The van der Waals surface area contributed by atoms with Crippen LogP contribution in [0.4, 0.5) is 25.4 Å². The Hall–Kier alpha value is -7.23. The van der Waals surface area contributed by atoms with E-state index in [0.29, 0.717) is 59.4 Å². The van der Waals surface area contributed by atoms with Gasteiger partial charge in [-0.05, 0) is 102 Å². The van der Waals surface area contributed by atoms with Crippen LogP contribution in [0.1, 0.15) is 97.4 Å². The van der Waals surface area contributed by atoms with Gasteiger partial charge in [0.1, 0.15) is 29.3 Å². The molecular weight excluding hydrogens is 858 g/mol. The van der Waals surface area contributed by atoms with Crippen molar-refractivity contribution in [3.8, 4) is 11.3 Å². The topological polar surface area (TPSA) is 191 Å². The van der Waals surface area contributed by atoms with Crippen molar-refractivity contribution in [2.24, 2.45) is 0 Å². The third-order valence-electron chi connectivity index (χ3n) is 10.8. The number of likely N-dealkylation sites (tertiary alicyclic amines) is 1. The second-order valence-corrected chi connectivity index (χ2v) is 18.5. The molecule has 1 aliphatic heterocycles. The van der Waals surface area contributed by atoms with Crippen LogP contribution in [0.25, 0.3) is 22.2 Å². The molecule has 2 heterocycles. The molecule has 0 unspecified atom stereocenters. The van der Waals surface area contributed by atoms with Crippen molar-refractivity contribution < 1.29 is 42.6 Å². The summed E-state index contributed by atoms with van der Waals surface area (Å²) in [7, 11) is 0. The van der Waals surface area contributed by atoms with Crippen molar-refractivity contribution in [1.82, 2.24) is 25.4 Å². The zero-order valence-electron chi connectivity index (χ0n) is 39.0. The van der Waals surface area contributed by atoms with Crippen molar-refractivity contribution in [1.29, 1.82) is 0 Å². The average Bonchev–Trinajstić information content (AvgIpc) is 3.90. The van der Waals surface area contributed by atoms with Crippen LogP contribution in [-0.2, 0) is 28.7 Å². The first-order valence-corrected chi connectivity index (χ1v) is 22.5. The lowest BCUT2D eigenvalue weighted by molar-refractivity contribution is -0.138. The molecule has 0 spiro atoms. The summed E-state index contributed by atoms with van der Waals surface area (Å²) in [6, 6.07) is 25.8. The standard InChI is InChI=1S/C51H60FN7O8/c1-8-9-28-58(46(62)43(32-17-12-10-13-18-32)56-48(64)66-50(2,3)4)31-40(60)53-35-24-22-34(23-25-35)42-41(52)37-30-36(26-27-38(37)55-42)54-45(61)39-21-16-29-59(39)47(63)44(33-19-14-11-15-20-33)57-49(65)67-51(5,6)7/h10-15,17-20,22-27,30,39,43-44,55H,8-9,16,21,28-29,31H2,1-7H3,(H,53,60)(H,54,61)(H,56,64)(H,57,65)/t39-,43-,44-/m0/s1. The molecule has 5 aromatic rings. The normalized spacial score (nSPS) is 14.7. The van der Waals surface area contributed by atoms with Gasteiger partial charge in [-0.25, -0.2) is 14.0 Å². The number of benzene rings is 4. The molecule has 1 aromatic heterocycles. The van der Waals surface area contributed by atoms with E-state index in [1.165, 1.54) is 15.9 Å². The molecule has 1 aliphatic rings. The van der Waals surface area contributed by atoms with E-state index in [2.05, 4.69) is 26.3 Å². The molecule has 5 N–H and O–H groups in total. The number of anilines is 2. The fourth-order valence-corrected chi connectivity index (χ4v) is 7.74. The molecule has 1 saturated heterocycles. The number of aromatic amines is 1. The molecular formula is C51H60FN7O8. The number of nitrogens with one attached hydrogen (secondary N) is 5. The number of rotatable bonds is 15. The number of nitrogens with zero attached hydrogens (tertiary/aromatic N) is 2. The molecule has 6 amide bonds. The third kappa shape index (κ3) is 13.2. The van der Waals surface area contributed by atoms with E-state index in [4.69, 9.17) is 9.47 Å². The number of H-pyrrole nitrogens is 1. The van der Waals surface area contributed by atoms with Crippen molar-refractivity contribution in [2.75, 3.05) is 30.3 Å². The summed E-state index contributed by atoms with van der Waals surface area (Å²) in [6.45, 7) is 12.6. The fourth-order valence-electron chi connectivity index (χ4n) is 7.74. The number of aromatic nitrogens is 1. The van der Waals surface area contributed by atoms with E-state index in [1.54, 1.807) is 139 Å². The van der Waals surface area contributed by atoms with Crippen LogP contribution in [0, 0.1) is 5.82 Å². The molecule has 4 aromatic carbocycles. The van der Waals surface area contributed by atoms with Gasteiger partial charge in [-0.2, -0.15) is 0 Å². The van der Waals surface area contributed by atoms with Crippen LogP contribution in [0.5, 0.6) is 0 Å². The number of ether oxygens (including phenoxy) is 2. The average molecular weight is 918 g/mol. The highest BCUT2D eigenvalue weighted by Gasteiger charge is 2.39. The van der Waals surface area contributed by atoms with E-state index in [-0.39, 0.29) is 24.2 Å². The van der Waals surface area contributed by atoms with Crippen molar-refractivity contribution in [3.63, 3.8) is 0 Å². The summed E-state index contributed by atoms with van der Waals surface area (Å²) >= 11 is 0. The van der Waals surface area contributed by atoms with Gasteiger partial charge < -0.3 is 45.5 Å². The van der Waals surface area contributed by atoms with E-state index >= 15 is 4.39 Å². The van der Waals surface area contributed by atoms with Gasteiger partial charge in [0.05, 0.1) is 12.2 Å². The molecule has 0 saturated carbocycles.